The zero-order valence-corrected chi connectivity index (χ0v) is 32.4. The molecule has 6 heterocycles. The Hall–Kier alpha value is -7.08. The minimum absolute atomic E-state index is 0.264. The Morgan fingerprint density at radius 2 is 0.966 bits per heavy atom. The van der Waals surface area contributed by atoms with E-state index in [0.717, 1.165) is 35.6 Å². The van der Waals surface area contributed by atoms with Crippen molar-refractivity contribution < 1.29 is 9.05 Å². The van der Waals surface area contributed by atoms with Crippen molar-refractivity contribution in [2.24, 2.45) is 11.8 Å². The Kier molecular flexibility index (Phi) is 13.0. The normalized spacial score (nSPS) is 14.3. The molecule has 0 aromatic carbocycles. The van der Waals surface area contributed by atoms with Gasteiger partial charge >= 0.3 is 0 Å². The highest BCUT2D eigenvalue weighted by atomic mass is 16.5. The maximum atomic E-state index is 8.85. The van der Waals surface area contributed by atoms with Crippen LogP contribution in [0.2, 0.25) is 0 Å². The second kappa shape index (κ2) is 19.2. The number of aromatic nitrogens is 10. The molecule has 18 nitrogen and oxygen atoms in total. The molecule has 0 radical (unpaired) electrons. The Bertz CT molecular complexity index is 2170. The van der Waals surface area contributed by atoms with Gasteiger partial charge in [-0.05, 0) is 51.4 Å². The minimum atomic E-state index is 0.264. The van der Waals surface area contributed by atoms with Gasteiger partial charge in [-0.25, -0.2) is 29.9 Å². The van der Waals surface area contributed by atoms with Gasteiger partial charge in [-0.3, -0.25) is 0 Å². The fourth-order valence-corrected chi connectivity index (χ4v) is 6.95. The first-order chi connectivity index (χ1) is 28.4. The molecule has 8 rings (SSSR count). The van der Waals surface area contributed by atoms with E-state index in [0.29, 0.717) is 58.5 Å². The summed E-state index contributed by atoms with van der Waals surface area (Å²) in [5.74, 6) is 5.58. The molecular weight excluding hydrogens is 737 g/mol. The number of nitriles is 2. The van der Waals surface area contributed by atoms with E-state index in [2.05, 4.69) is 71.5 Å². The van der Waals surface area contributed by atoms with Gasteiger partial charge in [-0.2, -0.15) is 20.5 Å². The van der Waals surface area contributed by atoms with Crippen molar-refractivity contribution in [2.45, 2.75) is 78.1 Å². The van der Waals surface area contributed by atoms with Crippen LogP contribution in [0, 0.1) is 48.3 Å². The van der Waals surface area contributed by atoms with Crippen molar-refractivity contribution in [3.05, 3.63) is 72.4 Å². The van der Waals surface area contributed by atoms with E-state index in [1.54, 1.807) is 26.2 Å². The smallest absolute Gasteiger partial charge is 0.261 e. The van der Waals surface area contributed by atoms with Gasteiger partial charge in [0.2, 0.25) is 0 Å². The van der Waals surface area contributed by atoms with Crippen molar-refractivity contribution in [1.82, 2.24) is 50.2 Å². The van der Waals surface area contributed by atoms with E-state index in [1.165, 1.54) is 89.0 Å². The van der Waals surface area contributed by atoms with Crippen LogP contribution in [0.25, 0.3) is 22.9 Å². The second-order valence-corrected chi connectivity index (χ2v) is 14.3. The highest BCUT2D eigenvalue weighted by Gasteiger charge is 2.19. The number of rotatable bonds is 12. The zero-order valence-electron chi connectivity index (χ0n) is 32.4. The van der Waals surface area contributed by atoms with E-state index in [1.807, 2.05) is 24.3 Å². The molecule has 2 saturated carbocycles. The molecule has 2 fully saturated rings. The molecule has 58 heavy (non-hydrogen) atoms. The first kappa shape index (κ1) is 39.2. The van der Waals surface area contributed by atoms with Crippen molar-refractivity contribution in [2.75, 3.05) is 34.4 Å². The number of aryl methyl sites for hydroxylation is 2. The summed E-state index contributed by atoms with van der Waals surface area (Å²) < 4.78 is 10.7. The maximum Gasteiger partial charge on any atom is 0.261 e. The summed E-state index contributed by atoms with van der Waals surface area (Å²) in [7, 11) is 0. The third kappa shape index (κ3) is 10.6. The predicted octanol–water partition coefficient (Wildman–Crippen LogP) is 7.68. The summed E-state index contributed by atoms with van der Waals surface area (Å²) in [5, 5.41) is 38.8. The van der Waals surface area contributed by atoms with Gasteiger partial charge in [0.1, 0.15) is 35.4 Å². The number of nitrogens with one attached hydrogen (secondary N) is 4. The summed E-state index contributed by atoms with van der Waals surface area (Å²) >= 11 is 0. The Morgan fingerprint density at radius 1 is 0.552 bits per heavy atom. The number of hydrogen-bond donors (Lipinski definition) is 4. The molecule has 0 atom stereocenters. The van der Waals surface area contributed by atoms with E-state index < -0.39 is 0 Å². The van der Waals surface area contributed by atoms with Crippen LogP contribution < -0.4 is 21.3 Å². The van der Waals surface area contributed by atoms with Crippen LogP contribution in [0.4, 0.5) is 34.6 Å². The maximum absolute atomic E-state index is 8.85. The molecule has 2 aliphatic carbocycles. The SMILES string of the molecule is Cc1noc(-c2cnc(Nc3cnc(C#N)cn3)cc2NCC2CCCCC2)n1.Cc1noc(-c2cnc(Nc3cnc(C#N)cn3)cc2NCC2CCCCC2)n1. The highest BCUT2D eigenvalue weighted by Crippen LogP contribution is 2.32. The molecule has 0 aliphatic heterocycles. The molecule has 6 aromatic heterocycles. The number of hydrogen-bond acceptors (Lipinski definition) is 18. The fourth-order valence-electron chi connectivity index (χ4n) is 6.95. The third-order valence-electron chi connectivity index (χ3n) is 9.98. The number of pyridine rings is 2. The van der Waals surface area contributed by atoms with Crippen LogP contribution in [0.5, 0.6) is 0 Å². The van der Waals surface area contributed by atoms with E-state index in [9.17, 15) is 0 Å². The highest BCUT2D eigenvalue weighted by molar-refractivity contribution is 5.76. The summed E-state index contributed by atoms with van der Waals surface area (Å²) in [6.45, 7) is 5.35. The van der Waals surface area contributed by atoms with Crippen molar-refractivity contribution in [3.63, 3.8) is 0 Å². The van der Waals surface area contributed by atoms with Crippen LogP contribution in [-0.2, 0) is 0 Å². The van der Waals surface area contributed by atoms with E-state index in [4.69, 9.17) is 19.6 Å². The Morgan fingerprint density at radius 3 is 1.31 bits per heavy atom. The molecule has 0 saturated heterocycles. The van der Waals surface area contributed by atoms with Crippen molar-refractivity contribution in [1.29, 1.82) is 10.5 Å². The molecule has 0 unspecified atom stereocenters. The molecular formula is C40H44N16O2. The standard InChI is InChI=1S/2C20H22N8O/c2*1-13-26-20(29-28-13)16-11-25-18(27-19-12-22-15(8-21)10-24-19)7-17(16)23-9-14-5-3-2-4-6-14/h2*7,10-12,14H,2-6,9H2,1H3,(H2,23,24,25,27). The van der Waals surface area contributed by atoms with Crippen molar-refractivity contribution >= 4 is 34.6 Å². The minimum Gasteiger partial charge on any atom is -0.384 e. The lowest BCUT2D eigenvalue weighted by Gasteiger charge is -2.23. The molecule has 0 amide bonds. The third-order valence-corrected chi connectivity index (χ3v) is 9.98. The quantitative estimate of drug-likeness (QED) is 0.0929. The molecule has 4 N–H and O–H groups in total. The van der Waals surface area contributed by atoms with Gasteiger partial charge in [0.15, 0.2) is 23.0 Å². The van der Waals surface area contributed by atoms with Crippen LogP contribution in [0.3, 0.4) is 0 Å². The van der Waals surface area contributed by atoms with Crippen molar-refractivity contribution in [3.8, 4) is 35.0 Å². The van der Waals surface area contributed by atoms with Crippen LogP contribution in [0.15, 0.2) is 58.4 Å². The van der Waals surface area contributed by atoms with Gasteiger partial charge in [-0.1, -0.05) is 48.8 Å². The fraction of sp³-hybridized carbons (Fsp3) is 0.400. The first-order valence-corrected chi connectivity index (χ1v) is 19.5. The Labute approximate surface area is 335 Å². The lowest BCUT2D eigenvalue weighted by Crippen LogP contribution is -2.17. The average molecular weight is 781 g/mol. The molecule has 2 aliphatic rings. The first-order valence-electron chi connectivity index (χ1n) is 19.5. The predicted molar refractivity (Wildman–Crippen MR) is 215 cm³/mol. The number of nitrogens with zero attached hydrogens (tertiary/aromatic N) is 12. The molecule has 296 valence electrons. The summed E-state index contributed by atoms with van der Waals surface area (Å²) in [4.78, 5) is 34.0. The van der Waals surface area contributed by atoms with Gasteiger partial charge in [-0.15, -0.1) is 0 Å². The molecule has 18 heteroatoms. The number of anilines is 6. The van der Waals surface area contributed by atoms with Crippen LogP contribution in [0.1, 0.15) is 87.2 Å². The lowest BCUT2D eigenvalue weighted by atomic mass is 9.89. The Balaban J connectivity index is 0.000000177. The molecule has 0 bridgehead atoms. The topological polar surface area (TPSA) is 251 Å². The zero-order chi connectivity index (χ0) is 40.1. The monoisotopic (exact) mass is 780 g/mol. The van der Waals surface area contributed by atoms with Gasteiger partial charge in [0, 0.05) is 37.6 Å². The average Bonchev–Trinajstić information content (AvgIpc) is 3.91. The molecule has 0 spiro atoms. The second-order valence-electron chi connectivity index (χ2n) is 14.3. The molecule has 6 aromatic rings. The van der Waals surface area contributed by atoms with Crippen LogP contribution >= 0.6 is 0 Å². The van der Waals surface area contributed by atoms with Gasteiger partial charge < -0.3 is 30.3 Å². The van der Waals surface area contributed by atoms with E-state index in [-0.39, 0.29) is 11.4 Å². The largest absolute Gasteiger partial charge is 0.384 e. The summed E-state index contributed by atoms with van der Waals surface area (Å²) in [5.41, 5.74) is 3.80. The summed E-state index contributed by atoms with van der Waals surface area (Å²) in [6, 6.07) is 7.71. The lowest BCUT2D eigenvalue weighted by molar-refractivity contribution is 0.373. The summed E-state index contributed by atoms with van der Waals surface area (Å²) in [6.07, 6.45) is 22.1. The van der Waals surface area contributed by atoms with Crippen LogP contribution in [-0.4, -0.2) is 63.3 Å². The van der Waals surface area contributed by atoms with Gasteiger partial charge in [0.25, 0.3) is 11.8 Å². The van der Waals surface area contributed by atoms with Gasteiger partial charge in [0.05, 0.1) is 47.3 Å². The van der Waals surface area contributed by atoms with E-state index >= 15 is 0 Å².